The zero-order chi connectivity index (χ0) is 24.3. The average Bonchev–Trinajstić information content (AvgIpc) is 3.31. The Morgan fingerprint density at radius 1 is 1.00 bits per heavy atom. The molecule has 2 aromatic carbocycles. The first-order chi connectivity index (χ1) is 16.2. The monoisotopic (exact) mass is 482 g/mol. The molecule has 3 aliphatic rings. The molecule has 4 heterocycles. The fourth-order valence-corrected chi connectivity index (χ4v) is 5.01. The lowest BCUT2D eigenvalue weighted by molar-refractivity contribution is 0.0606. The van der Waals surface area contributed by atoms with Gasteiger partial charge in [0.1, 0.15) is 5.76 Å². The second-order valence-corrected chi connectivity index (χ2v) is 10.4. The molecule has 2 N–H and O–H groups in total. The number of hydrogen-bond donors (Lipinski definition) is 2. The summed E-state index contributed by atoms with van der Waals surface area (Å²) in [5.41, 5.74) is 3.14. The van der Waals surface area contributed by atoms with E-state index < -0.39 is 10.1 Å². The third-order valence-corrected chi connectivity index (χ3v) is 7.40. The van der Waals surface area contributed by atoms with Crippen molar-refractivity contribution >= 4 is 16.0 Å². The molecule has 34 heavy (non-hydrogen) atoms. The second-order valence-electron chi connectivity index (χ2n) is 8.98. The van der Waals surface area contributed by atoms with Crippen LogP contribution < -0.4 is 5.32 Å². The number of amides is 1. The van der Waals surface area contributed by atoms with Crippen LogP contribution in [-0.4, -0.2) is 49.5 Å². The van der Waals surface area contributed by atoms with E-state index in [-0.39, 0.29) is 16.8 Å². The van der Waals surface area contributed by atoms with Gasteiger partial charge in [-0.2, -0.15) is 8.42 Å². The van der Waals surface area contributed by atoms with Crippen LogP contribution >= 0.6 is 0 Å². The topological polar surface area (TPSA) is 99.8 Å². The summed E-state index contributed by atoms with van der Waals surface area (Å²) in [5, 5.41) is 3.17. The number of hydrogen-bond acceptors (Lipinski definition) is 5. The van der Waals surface area contributed by atoms with Gasteiger partial charge in [-0.1, -0.05) is 42.0 Å². The summed E-state index contributed by atoms with van der Waals surface area (Å²) in [4.78, 5) is 14.9. The lowest BCUT2D eigenvalue weighted by atomic mass is 9.84. The summed E-state index contributed by atoms with van der Waals surface area (Å²) >= 11 is 0. The Balaban J connectivity index is 0.000000210. The van der Waals surface area contributed by atoms with Crippen molar-refractivity contribution in [2.75, 3.05) is 19.6 Å². The van der Waals surface area contributed by atoms with Gasteiger partial charge in [0, 0.05) is 18.2 Å². The van der Waals surface area contributed by atoms with Crippen LogP contribution in [0.3, 0.4) is 0 Å². The van der Waals surface area contributed by atoms with Crippen molar-refractivity contribution in [2.45, 2.75) is 37.6 Å². The highest BCUT2D eigenvalue weighted by Gasteiger charge is 2.35. The van der Waals surface area contributed by atoms with Gasteiger partial charge in [0.2, 0.25) is 0 Å². The van der Waals surface area contributed by atoms with E-state index in [0.29, 0.717) is 11.7 Å². The minimum atomic E-state index is -4.02. The fourth-order valence-electron chi connectivity index (χ4n) is 4.53. The maximum Gasteiger partial charge on any atom is 0.294 e. The summed E-state index contributed by atoms with van der Waals surface area (Å²) < 4.78 is 35.4. The van der Waals surface area contributed by atoms with Crippen LogP contribution in [0.4, 0.5) is 0 Å². The fraction of sp³-hybridized carbons (Fsp3) is 0.346. The largest absolute Gasteiger partial charge is 0.451 e. The van der Waals surface area contributed by atoms with Gasteiger partial charge < -0.3 is 14.6 Å². The number of fused-ring (bicyclic) bond motifs is 3. The van der Waals surface area contributed by atoms with Crippen molar-refractivity contribution in [3.8, 4) is 11.3 Å². The van der Waals surface area contributed by atoms with Crippen LogP contribution in [0.1, 0.15) is 34.5 Å². The van der Waals surface area contributed by atoms with Crippen LogP contribution in [0, 0.1) is 19.8 Å². The quantitative estimate of drug-likeness (QED) is 0.537. The van der Waals surface area contributed by atoms with Crippen LogP contribution in [0.2, 0.25) is 0 Å². The standard InChI is InChI=1S/C19H22N2O2.C7H8O3S/c1-13-4-2-3-5-15(13)17-6-7-18(23-17)19(22)20-16-12-21-10-8-14(16)9-11-21;1-6-2-4-7(5-3-6)11(8,9)10/h2-7,14,16H,8-12H2,1H3,(H,20,22);2-5H,1H3,(H,8,9,10)/t16-;/m0./s1. The molecule has 1 amide bonds. The summed E-state index contributed by atoms with van der Waals surface area (Å²) in [6.45, 7) is 7.21. The first-order valence-corrected chi connectivity index (χ1v) is 12.9. The van der Waals surface area contributed by atoms with E-state index in [1.165, 1.54) is 38.1 Å². The van der Waals surface area contributed by atoms with Crippen molar-refractivity contribution in [3.63, 3.8) is 0 Å². The molecule has 6 rings (SSSR count). The normalized spacial score (nSPS) is 21.4. The molecule has 2 bridgehead atoms. The highest BCUT2D eigenvalue weighted by Crippen LogP contribution is 2.29. The Kier molecular flexibility index (Phi) is 7.21. The molecule has 3 aromatic rings. The Hall–Kier alpha value is -2.94. The molecule has 3 fully saturated rings. The molecule has 3 aliphatic heterocycles. The van der Waals surface area contributed by atoms with Gasteiger partial charge in [-0.05, 0) is 75.5 Å². The Labute approximate surface area is 200 Å². The smallest absolute Gasteiger partial charge is 0.294 e. The number of aryl methyl sites for hydroxylation is 2. The summed E-state index contributed by atoms with van der Waals surface area (Å²) in [7, 11) is -4.02. The van der Waals surface area contributed by atoms with Crippen molar-refractivity contribution < 1.29 is 22.2 Å². The number of rotatable bonds is 4. The maximum atomic E-state index is 12.5. The van der Waals surface area contributed by atoms with Gasteiger partial charge in [0.15, 0.2) is 5.76 Å². The minimum absolute atomic E-state index is 0.0666. The average molecular weight is 483 g/mol. The summed E-state index contributed by atoms with van der Waals surface area (Å²) in [5.74, 6) is 1.68. The van der Waals surface area contributed by atoms with Crippen molar-refractivity contribution in [2.24, 2.45) is 5.92 Å². The van der Waals surface area contributed by atoms with E-state index in [4.69, 9.17) is 8.97 Å². The Morgan fingerprint density at radius 3 is 2.26 bits per heavy atom. The molecule has 1 atom stereocenters. The third kappa shape index (κ3) is 5.75. The van der Waals surface area contributed by atoms with Crippen molar-refractivity contribution in [3.05, 3.63) is 77.6 Å². The maximum absolute atomic E-state index is 12.5. The molecule has 0 saturated carbocycles. The molecule has 0 unspecified atom stereocenters. The first kappa shape index (κ1) is 24.2. The molecular weight excluding hydrogens is 452 g/mol. The number of carbonyl (C=O) groups is 1. The van der Waals surface area contributed by atoms with Crippen LogP contribution in [0.25, 0.3) is 11.3 Å². The molecule has 0 aliphatic carbocycles. The Morgan fingerprint density at radius 2 is 1.68 bits per heavy atom. The molecule has 0 spiro atoms. The van der Waals surface area contributed by atoms with Gasteiger partial charge >= 0.3 is 0 Å². The summed E-state index contributed by atoms with van der Waals surface area (Å²) in [6, 6.07) is 18.0. The zero-order valence-electron chi connectivity index (χ0n) is 19.4. The molecular formula is C26H30N2O5S. The molecule has 7 nitrogen and oxygen atoms in total. The van der Waals surface area contributed by atoms with Crippen LogP contribution in [-0.2, 0) is 10.1 Å². The Bertz CT molecular complexity index is 1240. The number of nitrogens with one attached hydrogen (secondary N) is 1. The predicted octanol–water partition coefficient (Wildman–Crippen LogP) is 4.32. The third-order valence-electron chi connectivity index (χ3n) is 6.53. The van der Waals surface area contributed by atoms with E-state index in [1.807, 2.05) is 44.2 Å². The highest BCUT2D eigenvalue weighted by atomic mass is 32.2. The number of benzene rings is 2. The van der Waals surface area contributed by atoms with E-state index in [2.05, 4.69) is 10.2 Å². The van der Waals surface area contributed by atoms with Gasteiger partial charge in [-0.25, -0.2) is 0 Å². The van der Waals surface area contributed by atoms with E-state index in [1.54, 1.807) is 18.2 Å². The lowest BCUT2D eigenvalue weighted by Crippen LogP contribution is -2.57. The van der Waals surface area contributed by atoms with E-state index in [0.717, 1.165) is 29.0 Å². The lowest BCUT2D eigenvalue weighted by Gasteiger charge is -2.44. The number of furan rings is 1. The molecule has 1 aromatic heterocycles. The number of carbonyl (C=O) groups excluding carboxylic acids is 1. The van der Waals surface area contributed by atoms with Gasteiger partial charge in [-0.15, -0.1) is 0 Å². The van der Waals surface area contributed by atoms with E-state index >= 15 is 0 Å². The van der Waals surface area contributed by atoms with Gasteiger partial charge in [0.05, 0.1) is 4.90 Å². The molecule has 180 valence electrons. The number of piperidine rings is 3. The van der Waals surface area contributed by atoms with Gasteiger partial charge in [0.25, 0.3) is 16.0 Å². The molecule has 8 heteroatoms. The molecule has 3 saturated heterocycles. The predicted molar refractivity (Wildman–Crippen MR) is 130 cm³/mol. The zero-order valence-corrected chi connectivity index (χ0v) is 20.2. The van der Waals surface area contributed by atoms with Crippen molar-refractivity contribution in [1.82, 2.24) is 10.2 Å². The minimum Gasteiger partial charge on any atom is -0.451 e. The van der Waals surface area contributed by atoms with Crippen molar-refractivity contribution in [1.29, 1.82) is 0 Å². The van der Waals surface area contributed by atoms with E-state index in [9.17, 15) is 13.2 Å². The SMILES string of the molecule is Cc1ccc(S(=O)(=O)O)cc1.Cc1ccccc1-c1ccc(C(=O)N[C@H]2CN3CCC2CC3)o1. The summed E-state index contributed by atoms with van der Waals surface area (Å²) in [6.07, 6.45) is 2.38. The second kappa shape index (κ2) is 10.1. The van der Waals surface area contributed by atoms with Crippen LogP contribution in [0.5, 0.6) is 0 Å². The number of nitrogens with zero attached hydrogens (tertiary/aromatic N) is 1. The van der Waals surface area contributed by atoms with Gasteiger partial charge in [-0.3, -0.25) is 9.35 Å². The molecule has 0 radical (unpaired) electrons. The van der Waals surface area contributed by atoms with Crippen LogP contribution in [0.15, 0.2) is 70.0 Å². The highest BCUT2D eigenvalue weighted by molar-refractivity contribution is 7.85. The first-order valence-electron chi connectivity index (χ1n) is 11.4.